The third-order valence-corrected chi connectivity index (χ3v) is 2.89. The van der Waals surface area contributed by atoms with Crippen LogP contribution in [-0.2, 0) is 4.79 Å². The van der Waals surface area contributed by atoms with Gasteiger partial charge < -0.3 is 16.3 Å². The van der Waals surface area contributed by atoms with Gasteiger partial charge in [0, 0.05) is 0 Å². The van der Waals surface area contributed by atoms with Gasteiger partial charge in [0.1, 0.15) is 5.70 Å². The lowest BCUT2D eigenvalue weighted by molar-refractivity contribution is -0.132. The molecule has 0 bridgehead atoms. The van der Waals surface area contributed by atoms with Crippen LogP contribution in [-0.4, -0.2) is 11.1 Å². The topological polar surface area (TPSA) is 101 Å². The first kappa shape index (κ1) is 13.6. The monoisotopic (exact) mass is 269 g/mol. The summed E-state index contributed by atoms with van der Waals surface area (Å²) in [7, 11) is 0. The molecule has 0 fully saturated rings. The smallest absolute Gasteiger partial charge is 0.353 e. The van der Waals surface area contributed by atoms with E-state index in [1.165, 1.54) is 6.08 Å². The second kappa shape index (κ2) is 5.90. The summed E-state index contributed by atoms with van der Waals surface area (Å²) in [4.78, 5) is 10.8. The molecule has 0 amide bonds. The fraction of sp³-hybridized carbons (Fsp3) is 0. The number of hydrogen-bond donors (Lipinski definition) is 4. The highest BCUT2D eigenvalue weighted by atomic mass is 16.4. The highest BCUT2D eigenvalue weighted by Crippen LogP contribution is 2.16. The van der Waals surface area contributed by atoms with Crippen LogP contribution in [0.25, 0.3) is 16.8 Å². The number of hydrogen-bond acceptors (Lipinski definition) is 4. The van der Waals surface area contributed by atoms with Gasteiger partial charge in [-0.25, -0.2) is 4.79 Å². The van der Waals surface area contributed by atoms with Gasteiger partial charge in [0.05, 0.1) is 5.70 Å². The molecule has 0 saturated heterocycles. The molecule has 0 aromatic heterocycles. The number of carboxylic acids is 1. The van der Waals surface area contributed by atoms with Crippen LogP contribution >= 0.6 is 0 Å². The van der Waals surface area contributed by atoms with Gasteiger partial charge in [0.15, 0.2) is 0 Å². The molecule has 0 aliphatic heterocycles. The minimum atomic E-state index is -1.22. The van der Waals surface area contributed by atoms with Crippen molar-refractivity contribution in [3.63, 3.8) is 0 Å². The predicted molar refractivity (Wildman–Crippen MR) is 79.2 cm³/mol. The third kappa shape index (κ3) is 2.96. The van der Waals surface area contributed by atoms with E-state index < -0.39 is 5.97 Å². The standard InChI is InChI=1S/C15H15N3O2/c16-14(15(19)20)13(18-17)8-6-10-5-7-11-3-1-2-4-12(11)9-10/h1-9,18H,16-17H2,(H,19,20)/b8-6+,14-13-. The van der Waals surface area contributed by atoms with Gasteiger partial charge in [0.2, 0.25) is 0 Å². The minimum absolute atomic E-state index is 0.158. The van der Waals surface area contributed by atoms with E-state index in [9.17, 15) is 4.79 Å². The molecular weight excluding hydrogens is 254 g/mol. The molecule has 0 heterocycles. The van der Waals surface area contributed by atoms with E-state index in [0.29, 0.717) is 0 Å². The van der Waals surface area contributed by atoms with Crippen LogP contribution in [0.2, 0.25) is 0 Å². The summed E-state index contributed by atoms with van der Waals surface area (Å²) in [5.41, 5.74) is 8.44. The third-order valence-electron chi connectivity index (χ3n) is 2.89. The molecule has 0 radical (unpaired) electrons. The summed E-state index contributed by atoms with van der Waals surface area (Å²) >= 11 is 0. The van der Waals surface area contributed by atoms with Crippen molar-refractivity contribution >= 4 is 22.8 Å². The number of allylic oxidation sites excluding steroid dienone is 1. The maximum absolute atomic E-state index is 10.8. The zero-order valence-corrected chi connectivity index (χ0v) is 10.7. The van der Waals surface area contributed by atoms with E-state index in [1.807, 2.05) is 42.5 Å². The van der Waals surface area contributed by atoms with Gasteiger partial charge in [-0.1, -0.05) is 42.5 Å². The normalized spacial score (nSPS) is 12.4. The van der Waals surface area contributed by atoms with Crippen molar-refractivity contribution in [2.75, 3.05) is 0 Å². The summed E-state index contributed by atoms with van der Waals surface area (Å²) in [6, 6.07) is 13.9. The SMILES string of the molecule is NNC(/C=C/c1ccc2ccccc2c1)=C(\N)C(=O)O. The zero-order chi connectivity index (χ0) is 14.5. The Kier molecular flexibility index (Phi) is 4.02. The minimum Gasteiger partial charge on any atom is -0.477 e. The Hall–Kier alpha value is -2.79. The molecule has 0 unspecified atom stereocenters. The van der Waals surface area contributed by atoms with Gasteiger partial charge in [-0.05, 0) is 28.5 Å². The molecule has 0 atom stereocenters. The van der Waals surface area contributed by atoms with Crippen molar-refractivity contribution in [1.29, 1.82) is 0 Å². The van der Waals surface area contributed by atoms with E-state index in [4.69, 9.17) is 16.7 Å². The average molecular weight is 269 g/mol. The first-order valence-corrected chi connectivity index (χ1v) is 5.98. The summed E-state index contributed by atoms with van der Waals surface area (Å²) in [5, 5.41) is 11.1. The van der Waals surface area contributed by atoms with Crippen molar-refractivity contribution in [3.8, 4) is 0 Å². The number of benzene rings is 2. The molecule has 20 heavy (non-hydrogen) atoms. The Balaban J connectivity index is 2.33. The first-order chi connectivity index (χ1) is 9.61. The van der Waals surface area contributed by atoms with Crippen molar-refractivity contribution < 1.29 is 9.90 Å². The summed E-state index contributed by atoms with van der Waals surface area (Å²) in [6.07, 6.45) is 3.28. The van der Waals surface area contributed by atoms with Crippen molar-refractivity contribution in [2.45, 2.75) is 0 Å². The molecular formula is C15H15N3O2. The van der Waals surface area contributed by atoms with E-state index in [-0.39, 0.29) is 11.4 Å². The zero-order valence-electron chi connectivity index (χ0n) is 10.7. The van der Waals surface area contributed by atoms with Crippen molar-refractivity contribution in [2.24, 2.45) is 11.6 Å². The molecule has 6 N–H and O–H groups in total. The lowest BCUT2D eigenvalue weighted by Gasteiger charge is -2.04. The molecule has 0 saturated carbocycles. The fourth-order valence-electron chi connectivity index (χ4n) is 1.82. The largest absolute Gasteiger partial charge is 0.477 e. The number of hydrazine groups is 1. The Morgan fingerprint density at radius 2 is 1.85 bits per heavy atom. The van der Waals surface area contributed by atoms with Crippen molar-refractivity contribution in [1.82, 2.24) is 5.43 Å². The Morgan fingerprint density at radius 3 is 2.50 bits per heavy atom. The molecule has 0 aliphatic rings. The quantitative estimate of drug-likeness (QED) is 0.292. The molecule has 5 nitrogen and oxygen atoms in total. The second-order valence-electron chi connectivity index (χ2n) is 4.22. The summed E-state index contributed by atoms with van der Waals surface area (Å²) in [5.74, 6) is 4.04. The summed E-state index contributed by atoms with van der Waals surface area (Å²) < 4.78 is 0. The van der Waals surface area contributed by atoms with Crippen LogP contribution in [0.4, 0.5) is 0 Å². The molecule has 2 rings (SSSR count). The van der Waals surface area contributed by atoms with Gasteiger partial charge in [0.25, 0.3) is 0 Å². The molecule has 0 spiro atoms. The van der Waals surface area contributed by atoms with Gasteiger partial charge in [-0.15, -0.1) is 0 Å². The van der Waals surface area contributed by atoms with Crippen LogP contribution in [0.1, 0.15) is 5.56 Å². The molecule has 0 aliphatic carbocycles. The molecule has 102 valence electrons. The number of carboxylic acid groups (broad SMARTS) is 1. The van der Waals surface area contributed by atoms with Gasteiger partial charge in [-0.3, -0.25) is 5.84 Å². The van der Waals surface area contributed by atoms with Crippen LogP contribution < -0.4 is 17.0 Å². The molecule has 2 aromatic carbocycles. The van der Waals surface area contributed by atoms with Crippen LogP contribution in [0.15, 0.2) is 59.9 Å². The number of nitrogens with two attached hydrogens (primary N) is 2. The number of nitrogens with one attached hydrogen (secondary N) is 1. The summed E-state index contributed by atoms with van der Waals surface area (Å²) in [6.45, 7) is 0. The Labute approximate surface area is 116 Å². The van der Waals surface area contributed by atoms with E-state index in [2.05, 4.69) is 5.43 Å². The number of carbonyl (C=O) groups is 1. The highest BCUT2D eigenvalue weighted by Gasteiger charge is 2.06. The number of fused-ring (bicyclic) bond motifs is 1. The van der Waals surface area contributed by atoms with E-state index in [1.54, 1.807) is 6.08 Å². The maximum atomic E-state index is 10.8. The lowest BCUT2D eigenvalue weighted by atomic mass is 10.1. The molecule has 2 aromatic rings. The van der Waals surface area contributed by atoms with Crippen LogP contribution in [0, 0.1) is 0 Å². The first-order valence-electron chi connectivity index (χ1n) is 5.98. The fourth-order valence-corrected chi connectivity index (χ4v) is 1.82. The lowest BCUT2D eigenvalue weighted by Crippen LogP contribution is -2.26. The number of aliphatic carboxylic acids is 1. The van der Waals surface area contributed by atoms with Gasteiger partial charge >= 0.3 is 5.97 Å². The van der Waals surface area contributed by atoms with Crippen molar-refractivity contribution in [3.05, 3.63) is 65.5 Å². The van der Waals surface area contributed by atoms with Gasteiger partial charge in [-0.2, -0.15) is 0 Å². The molecule has 5 heteroatoms. The maximum Gasteiger partial charge on any atom is 0.353 e. The predicted octanol–water partition coefficient (Wildman–Crippen LogP) is 1.57. The average Bonchev–Trinajstić information content (AvgIpc) is 2.47. The van der Waals surface area contributed by atoms with E-state index in [0.717, 1.165) is 16.3 Å². The Morgan fingerprint density at radius 1 is 1.15 bits per heavy atom. The number of rotatable bonds is 4. The Bertz CT molecular complexity index is 705. The van der Waals surface area contributed by atoms with Crippen LogP contribution in [0.3, 0.4) is 0 Å². The van der Waals surface area contributed by atoms with Crippen LogP contribution in [0.5, 0.6) is 0 Å². The second-order valence-corrected chi connectivity index (χ2v) is 4.22. The highest BCUT2D eigenvalue weighted by molar-refractivity contribution is 5.87. The van der Waals surface area contributed by atoms with E-state index >= 15 is 0 Å².